The van der Waals surface area contributed by atoms with Gasteiger partial charge >= 0.3 is 0 Å². The summed E-state index contributed by atoms with van der Waals surface area (Å²) in [5, 5.41) is 7.31. The Morgan fingerprint density at radius 3 is 2.46 bits per heavy atom. The predicted octanol–water partition coefficient (Wildman–Crippen LogP) is 5.18. The molecule has 26 heavy (non-hydrogen) atoms. The van der Waals surface area contributed by atoms with Gasteiger partial charge in [-0.3, -0.25) is 4.68 Å². The third-order valence-electron chi connectivity index (χ3n) is 4.99. The van der Waals surface area contributed by atoms with Gasteiger partial charge in [-0.05, 0) is 44.4 Å². The molecular formula is C23H24N3+. The van der Waals surface area contributed by atoms with Crippen LogP contribution in [0.2, 0.25) is 0 Å². The maximum atomic E-state index is 4.81. The van der Waals surface area contributed by atoms with Crippen LogP contribution in [-0.2, 0) is 0 Å². The standard InChI is InChI=1S/C23H24N3/c1-16(2)26-14-12-22(24-26)21-15-19-10-5-6-11-20(19)23(18(21)4)25-13-8-7-9-17(25)3/h5-16H,1-4H3/q+1. The van der Waals surface area contributed by atoms with Crippen molar-refractivity contribution in [1.29, 1.82) is 0 Å². The molecular weight excluding hydrogens is 318 g/mol. The number of benzene rings is 2. The molecule has 0 fully saturated rings. The van der Waals surface area contributed by atoms with Crippen LogP contribution >= 0.6 is 0 Å². The van der Waals surface area contributed by atoms with E-state index in [1.807, 2.05) is 4.68 Å². The topological polar surface area (TPSA) is 21.7 Å². The smallest absolute Gasteiger partial charge is 0.222 e. The largest absolute Gasteiger partial charge is 0.270 e. The molecule has 0 aliphatic heterocycles. The third kappa shape index (κ3) is 2.70. The first kappa shape index (κ1) is 16.5. The fourth-order valence-electron chi connectivity index (χ4n) is 3.56. The molecule has 2 aromatic carbocycles. The summed E-state index contributed by atoms with van der Waals surface area (Å²) in [6, 6.07) is 19.6. The minimum absolute atomic E-state index is 0.356. The van der Waals surface area contributed by atoms with E-state index in [2.05, 4.69) is 99.3 Å². The summed E-state index contributed by atoms with van der Waals surface area (Å²) in [6.07, 6.45) is 4.20. The fraction of sp³-hybridized carbons (Fsp3) is 0.217. The zero-order valence-electron chi connectivity index (χ0n) is 15.8. The molecule has 3 heteroatoms. The maximum absolute atomic E-state index is 4.81. The Hall–Kier alpha value is -2.94. The molecule has 0 saturated heterocycles. The predicted molar refractivity (Wildman–Crippen MR) is 107 cm³/mol. The summed E-state index contributed by atoms with van der Waals surface area (Å²) in [4.78, 5) is 0. The number of rotatable bonds is 3. The molecule has 3 nitrogen and oxygen atoms in total. The van der Waals surface area contributed by atoms with Crippen LogP contribution in [0.3, 0.4) is 0 Å². The number of hydrogen-bond acceptors (Lipinski definition) is 1. The van der Waals surface area contributed by atoms with Crippen LogP contribution in [0.4, 0.5) is 0 Å². The van der Waals surface area contributed by atoms with Crippen molar-refractivity contribution in [3.63, 3.8) is 0 Å². The zero-order chi connectivity index (χ0) is 18.3. The number of fused-ring (bicyclic) bond motifs is 1. The minimum Gasteiger partial charge on any atom is -0.270 e. The summed E-state index contributed by atoms with van der Waals surface area (Å²) in [6.45, 7) is 8.65. The van der Waals surface area contributed by atoms with E-state index in [-0.39, 0.29) is 0 Å². The van der Waals surface area contributed by atoms with E-state index in [1.165, 1.54) is 33.3 Å². The SMILES string of the molecule is Cc1c(-c2ccn(C(C)C)n2)cc2ccccc2c1-[n+]1ccccc1C. The van der Waals surface area contributed by atoms with Crippen LogP contribution in [0.15, 0.2) is 67.0 Å². The number of aromatic nitrogens is 3. The number of nitrogens with zero attached hydrogens (tertiary/aromatic N) is 3. The molecule has 0 unspecified atom stereocenters. The van der Waals surface area contributed by atoms with Gasteiger partial charge in [0.2, 0.25) is 5.69 Å². The molecule has 0 spiro atoms. The van der Waals surface area contributed by atoms with Gasteiger partial charge in [0.15, 0.2) is 11.9 Å². The van der Waals surface area contributed by atoms with Crippen molar-refractivity contribution >= 4 is 10.8 Å². The Bertz CT molecular complexity index is 1090. The molecule has 4 rings (SSSR count). The van der Waals surface area contributed by atoms with E-state index in [0.29, 0.717) is 6.04 Å². The second kappa shape index (κ2) is 6.41. The monoisotopic (exact) mass is 342 g/mol. The van der Waals surface area contributed by atoms with Gasteiger partial charge in [-0.25, -0.2) is 0 Å². The molecule has 0 aliphatic carbocycles. The first-order valence-corrected chi connectivity index (χ1v) is 9.12. The lowest BCUT2D eigenvalue weighted by Gasteiger charge is -2.11. The van der Waals surface area contributed by atoms with Crippen molar-refractivity contribution in [3.8, 4) is 16.9 Å². The van der Waals surface area contributed by atoms with E-state index in [1.54, 1.807) is 0 Å². The van der Waals surface area contributed by atoms with Gasteiger partial charge < -0.3 is 0 Å². The lowest BCUT2D eigenvalue weighted by Crippen LogP contribution is -2.34. The van der Waals surface area contributed by atoms with Crippen LogP contribution < -0.4 is 4.57 Å². The average molecular weight is 342 g/mol. The van der Waals surface area contributed by atoms with Crippen molar-refractivity contribution in [2.45, 2.75) is 33.7 Å². The highest BCUT2D eigenvalue weighted by Crippen LogP contribution is 2.32. The average Bonchev–Trinajstić information content (AvgIpc) is 3.12. The molecule has 0 bridgehead atoms. The van der Waals surface area contributed by atoms with Crippen molar-refractivity contribution in [2.75, 3.05) is 0 Å². The van der Waals surface area contributed by atoms with Crippen LogP contribution in [0.1, 0.15) is 31.1 Å². The molecule has 130 valence electrons. The second-order valence-corrected chi connectivity index (χ2v) is 7.11. The van der Waals surface area contributed by atoms with E-state index < -0.39 is 0 Å². The number of aryl methyl sites for hydroxylation is 1. The van der Waals surface area contributed by atoms with Crippen LogP contribution in [0, 0.1) is 13.8 Å². The van der Waals surface area contributed by atoms with Gasteiger partial charge in [0, 0.05) is 42.4 Å². The van der Waals surface area contributed by atoms with E-state index in [4.69, 9.17) is 5.10 Å². The molecule has 0 atom stereocenters. The molecule has 0 saturated carbocycles. The Labute approximate surface area is 154 Å². The zero-order valence-corrected chi connectivity index (χ0v) is 15.8. The van der Waals surface area contributed by atoms with Gasteiger partial charge in [-0.2, -0.15) is 9.67 Å². The van der Waals surface area contributed by atoms with Gasteiger partial charge in [-0.1, -0.05) is 24.3 Å². The maximum Gasteiger partial charge on any atom is 0.222 e. The Balaban J connectivity index is 2.04. The van der Waals surface area contributed by atoms with Crippen molar-refractivity contribution in [2.24, 2.45) is 0 Å². The Morgan fingerprint density at radius 2 is 1.73 bits per heavy atom. The molecule has 0 amide bonds. The first-order chi connectivity index (χ1) is 12.6. The van der Waals surface area contributed by atoms with Gasteiger partial charge in [0.05, 0.1) is 11.1 Å². The summed E-state index contributed by atoms with van der Waals surface area (Å²) < 4.78 is 4.30. The lowest BCUT2D eigenvalue weighted by molar-refractivity contribution is -0.601. The molecule has 0 radical (unpaired) electrons. The highest BCUT2D eigenvalue weighted by atomic mass is 15.3. The van der Waals surface area contributed by atoms with E-state index in [0.717, 1.165) is 5.69 Å². The molecule has 2 aromatic heterocycles. The lowest BCUT2D eigenvalue weighted by atomic mass is 9.96. The molecule has 0 N–H and O–H groups in total. The highest BCUT2D eigenvalue weighted by Gasteiger charge is 2.21. The highest BCUT2D eigenvalue weighted by molar-refractivity contribution is 5.94. The Kier molecular flexibility index (Phi) is 4.08. The normalized spacial score (nSPS) is 11.4. The van der Waals surface area contributed by atoms with Crippen LogP contribution in [0.5, 0.6) is 0 Å². The van der Waals surface area contributed by atoms with Crippen molar-refractivity contribution in [3.05, 3.63) is 78.2 Å². The Morgan fingerprint density at radius 1 is 0.962 bits per heavy atom. The summed E-state index contributed by atoms with van der Waals surface area (Å²) in [5.74, 6) is 0. The van der Waals surface area contributed by atoms with Crippen molar-refractivity contribution < 1.29 is 4.57 Å². The summed E-state index contributed by atoms with van der Waals surface area (Å²) in [5.41, 5.74) is 5.91. The summed E-state index contributed by atoms with van der Waals surface area (Å²) >= 11 is 0. The molecule has 4 aromatic rings. The first-order valence-electron chi connectivity index (χ1n) is 9.12. The van der Waals surface area contributed by atoms with E-state index in [9.17, 15) is 0 Å². The van der Waals surface area contributed by atoms with Crippen LogP contribution in [-0.4, -0.2) is 9.78 Å². The number of hydrogen-bond donors (Lipinski definition) is 0. The van der Waals surface area contributed by atoms with E-state index >= 15 is 0 Å². The fourth-order valence-corrected chi connectivity index (χ4v) is 3.56. The summed E-state index contributed by atoms with van der Waals surface area (Å²) in [7, 11) is 0. The quantitative estimate of drug-likeness (QED) is 0.470. The second-order valence-electron chi connectivity index (χ2n) is 7.11. The minimum atomic E-state index is 0.356. The van der Waals surface area contributed by atoms with Crippen molar-refractivity contribution in [1.82, 2.24) is 9.78 Å². The van der Waals surface area contributed by atoms with Gasteiger partial charge in [0.25, 0.3) is 0 Å². The molecule has 0 aliphatic rings. The third-order valence-corrected chi connectivity index (χ3v) is 4.99. The molecule has 2 heterocycles. The van der Waals surface area contributed by atoms with Gasteiger partial charge in [-0.15, -0.1) is 0 Å². The van der Waals surface area contributed by atoms with Crippen LogP contribution in [0.25, 0.3) is 27.7 Å². The van der Waals surface area contributed by atoms with Gasteiger partial charge in [0.1, 0.15) is 0 Å². The number of pyridine rings is 1.